The summed E-state index contributed by atoms with van der Waals surface area (Å²) in [6, 6.07) is 98.6. The van der Waals surface area contributed by atoms with Gasteiger partial charge in [0.05, 0.1) is 22.1 Å². The molecular formula is C67H44N2. The number of nitrogens with zero attached hydrogens (tertiary/aromatic N) is 2. The summed E-state index contributed by atoms with van der Waals surface area (Å²) < 4.78 is 2.52. The van der Waals surface area contributed by atoms with Crippen molar-refractivity contribution >= 4 is 38.9 Å². The fraction of sp³-hybridized carbons (Fsp3) is 0.0149. The Morgan fingerprint density at radius 1 is 0.290 bits per heavy atom. The van der Waals surface area contributed by atoms with Gasteiger partial charge in [-0.1, -0.05) is 218 Å². The minimum Gasteiger partial charge on any atom is -0.310 e. The second-order valence-electron chi connectivity index (χ2n) is 18.4. The third kappa shape index (κ3) is 5.86. The van der Waals surface area contributed by atoms with Gasteiger partial charge < -0.3 is 9.47 Å². The van der Waals surface area contributed by atoms with E-state index in [1.54, 1.807) is 0 Å². The third-order valence-corrected chi connectivity index (χ3v) is 14.8. The van der Waals surface area contributed by atoms with Gasteiger partial charge in [-0.2, -0.15) is 0 Å². The molecule has 0 bridgehead atoms. The molecule has 0 amide bonds. The summed E-state index contributed by atoms with van der Waals surface area (Å²) in [6.45, 7) is 0. The monoisotopic (exact) mass is 876 g/mol. The minimum absolute atomic E-state index is 0.529. The van der Waals surface area contributed by atoms with E-state index in [1.807, 2.05) is 0 Å². The highest BCUT2D eigenvalue weighted by atomic mass is 15.1. The van der Waals surface area contributed by atoms with Gasteiger partial charge >= 0.3 is 0 Å². The predicted octanol–water partition coefficient (Wildman–Crippen LogP) is 17.6. The van der Waals surface area contributed by atoms with Gasteiger partial charge in [0, 0.05) is 27.8 Å². The summed E-state index contributed by atoms with van der Waals surface area (Å²) in [7, 11) is 0. The Labute approximate surface area is 402 Å². The molecule has 322 valence electrons. The maximum absolute atomic E-state index is 2.52. The maximum Gasteiger partial charge on any atom is 0.0754 e. The van der Waals surface area contributed by atoms with Crippen molar-refractivity contribution < 1.29 is 0 Å². The van der Waals surface area contributed by atoms with Crippen LogP contribution in [-0.2, 0) is 5.41 Å². The highest BCUT2D eigenvalue weighted by Crippen LogP contribution is 2.62. The molecule has 11 aromatic carbocycles. The molecule has 0 N–H and O–H groups in total. The standard InChI is InChI=1S/C67H44N2/c1-4-20-45(21-5-1)48-26-16-28-50(42-48)68(52-40-41-53(46-22-6-2-7-23-46)58(44-52)47-24-8-3-9-25-47)51-29-17-27-49(43-51)54-32-18-36-61-65(54)57-31-10-12-34-59(57)67(61)60-35-13-15-39-64(60)69-63-38-14-11-30-55(63)56-33-19-37-62(67)66(56)69/h1-44H. The molecule has 2 heteroatoms. The lowest BCUT2D eigenvalue weighted by Crippen LogP contribution is -2.33. The summed E-state index contributed by atoms with van der Waals surface area (Å²) in [4.78, 5) is 2.44. The van der Waals surface area contributed by atoms with Crippen LogP contribution in [0, 0.1) is 0 Å². The van der Waals surface area contributed by atoms with Crippen LogP contribution in [0.4, 0.5) is 17.1 Å². The van der Waals surface area contributed by atoms with E-state index >= 15 is 0 Å². The minimum atomic E-state index is -0.529. The second kappa shape index (κ2) is 15.6. The van der Waals surface area contributed by atoms with Crippen LogP contribution in [0.5, 0.6) is 0 Å². The van der Waals surface area contributed by atoms with Crippen molar-refractivity contribution in [3.05, 3.63) is 289 Å². The van der Waals surface area contributed by atoms with Gasteiger partial charge in [0.2, 0.25) is 0 Å². The van der Waals surface area contributed by atoms with Crippen molar-refractivity contribution in [2.45, 2.75) is 5.41 Å². The Balaban J connectivity index is 0.996. The molecule has 14 rings (SSSR count). The molecule has 0 radical (unpaired) electrons. The van der Waals surface area contributed by atoms with Crippen LogP contribution in [0.25, 0.3) is 83.1 Å². The van der Waals surface area contributed by atoms with Crippen molar-refractivity contribution in [1.82, 2.24) is 4.57 Å². The van der Waals surface area contributed by atoms with Gasteiger partial charge in [-0.15, -0.1) is 0 Å². The Bertz CT molecular complexity index is 3960. The van der Waals surface area contributed by atoms with Gasteiger partial charge in [0.1, 0.15) is 0 Å². The average molecular weight is 877 g/mol. The van der Waals surface area contributed by atoms with Gasteiger partial charge in [-0.25, -0.2) is 0 Å². The molecule has 1 unspecified atom stereocenters. The number of para-hydroxylation sites is 3. The van der Waals surface area contributed by atoms with E-state index in [-0.39, 0.29) is 0 Å². The zero-order valence-electron chi connectivity index (χ0n) is 37.8. The zero-order chi connectivity index (χ0) is 45.5. The van der Waals surface area contributed by atoms with Crippen LogP contribution in [0.2, 0.25) is 0 Å². The molecule has 1 atom stereocenters. The molecule has 1 spiro atoms. The topological polar surface area (TPSA) is 8.17 Å². The average Bonchev–Trinajstić information content (AvgIpc) is 3.93. The molecule has 0 saturated carbocycles. The number of fused-ring (bicyclic) bond motifs is 12. The molecule has 2 nitrogen and oxygen atoms in total. The molecule has 1 aliphatic carbocycles. The van der Waals surface area contributed by atoms with Crippen LogP contribution in [0.3, 0.4) is 0 Å². The summed E-state index contributed by atoms with van der Waals surface area (Å²) in [5.74, 6) is 0. The molecule has 69 heavy (non-hydrogen) atoms. The number of aromatic nitrogens is 1. The van der Waals surface area contributed by atoms with Crippen LogP contribution < -0.4 is 4.90 Å². The lowest BCUT2D eigenvalue weighted by molar-refractivity contribution is 0.748. The molecule has 2 heterocycles. The van der Waals surface area contributed by atoms with Crippen molar-refractivity contribution in [2.75, 3.05) is 4.90 Å². The van der Waals surface area contributed by atoms with E-state index in [0.717, 1.165) is 17.1 Å². The SMILES string of the molecule is c1ccc(-c2cccc(N(c3cccc(-c4cccc5c4-c4ccccc4C54c5ccccc5-n5c6ccccc6c6cccc4c65)c3)c3ccc(-c4ccccc4)c(-c4ccccc4)c3)c2)cc1. The van der Waals surface area contributed by atoms with Crippen molar-refractivity contribution in [1.29, 1.82) is 0 Å². The van der Waals surface area contributed by atoms with E-state index in [9.17, 15) is 0 Å². The number of anilines is 3. The first-order valence-corrected chi connectivity index (χ1v) is 23.9. The lowest BCUT2D eigenvalue weighted by Gasteiger charge is -2.39. The fourth-order valence-electron chi connectivity index (χ4n) is 12.0. The van der Waals surface area contributed by atoms with Gasteiger partial charge in [0.25, 0.3) is 0 Å². The Hall–Kier alpha value is -8.98. The molecule has 0 saturated heterocycles. The first-order chi connectivity index (χ1) is 34.3. The predicted molar refractivity (Wildman–Crippen MR) is 288 cm³/mol. The molecule has 0 fully saturated rings. The van der Waals surface area contributed by atoms with E-state index in [1.165, 1.54) is 105 Å². The highest BCUT2D eigenvalue weighted by Gasteiger charge is 2.51. The van der Waals surface area contributed by atoms with Gasteiger partial charge in [-0.05, 0) is 126 Å². The van der Waals surface area contributed by atoms with Crippen LogP contribution in [-0.4, -0.2) is 4.57 Å². The van der Waals surface area contributed by atoms with E-state index in [2.05, 4.69) is 276 Å². The van der Waals surface area contributed by atoms with E-state index in [0.29, 0.717) is 0 Å². The van der Waals surface area contributed by atoms with Crippen molar-refractivity contribution in [3.63, 3.8) is 0 Å². The van der Waals surface area contributed by atoms with Crippen LogP contribution in [0.1, 0.15) is 22.3 Å². The molecule has 2 aliphatic rings. The molecule has 12 aromatic rings. The Kier molecular flexibility index (Phi) is 8.84. The number of rotatable bonds is 7. The van der Waals surface area contributed by atoms with Crippen molar-refractivity contribution in [3.8, 4) is 61.3 Å². The number of hydrogen-bond acceptors (Lipinski definition) is 1. The normalized spacial score (nSPS) is 14.1. The maximum atomic E-state index is 2.52. The summed E-state index contributed by atoms with van der Waals surface area (Å²) in [6.07, 6.45) is 0. The number of hydrogen-bond donors (Lipinski definition) is 0. The lowest BCUT2D eigenvalue weighted by atomic mass is 9.65. The van der Waals surface area contributed by atoms with Gasteiger partial charge in [0.15, 0.2) is 0 Å². The third-order valence-electron chi connectivity index (χ3n) is 14.8. The van der Waals surface area contributed by atoms with Crippen LogP contribution >= 0.6 is 0 Å². The summed E-state index contributed by atoms with van der Waals surface area (Å²) >= 11 is 0. The second-order valence-corrected chi connectivity index (χ2v) is 18.4. The number of benzene rings is 11. The van der Waals surface area contributed by atoms with Crippen LogP contribution in [0.15, 0.2) is 267 Å². The largest absolute Gasteiger partial charge is 0.310 e. The van der Waals surface area contributed by atoms with Crippen molar-refractivity contribution in [2.24, 2.45) is 0 Å². The first-order valence-electron chi connectivity index (χ1n) is 23.9. The summed E-state index contributed by atoms with van der Waals surface area (Å²) in [5.41, 5.74) is 23.8. The van der Waals surface area contributed by atoms with E-state index in [4.69, 9.17) is 0 Å². The zero-order valence-corrected chi connectivity index (χ0v) is 37.8. The Morgan fingerprint density at radius 2 is 0.812 bits per heavy atom. The van der Waals surface area contributed by atoms with Gasteiger partial charge in [-0.3, -0.25) is 0 Å². The first kappa shape index (κ1) is 39.2. The molecule has 1 aliphatic heterocycles. The fourth-order valence-corrected chi connectivity index (χ4v) is 12.0. The van der Waals surface area contributed by atoms with E-state index < -0.39 is 5.41 Å². The molecular weight excluding hydrogens is 833 g/mol. The smallest absolute Gasteiger partial charge is 0.0754 e. The highest BCUT2D eigenvalue weighted by molar-refractivity contribution is 6.13. The quantitative estimate of drug-likeness (QED) is 0.155. The summed E-state index contributed by atoms with van der Waals surface area (Å²) in [5, 5.41) is 2.57. The molecule has 1 aromatic heterocycles. The Morgan fingerprint density at radius 3 is 1.59 bits per heavy atom.